The Balaban J connectivity index is 1.80. The first kappa shape index (κ1) is 17.1. The molecule has 1 aliphatic carbocycles. The zero-order valence-corrected chi connectivity index (χ0v) is 13.7. The first-order valence-corrected chi connectivity index (χ1v) is 8.42. The molecule has 0 spiro atoms. The van der Waals surface area contributed by atoms with Crippen LogP contribution in [0.1, 0.15) is 51.9 Å². The Morgan fingerprint density at radius 2 is 2.05 bits per heavy atom. The molecule has 2 aliphatic rings. The first-order valence-electron chi connectivity index (χ1n) is 8.42. The molecule has 22 heavy (non-hydrogen) atoms. The van der Waals surface area contributed by atoms with Gasteiger partial charge in [-0.2, -0.15) is 0 Å². The normalized spacial score (nSPS) is 32.7. The van der Waals surface area contributed by atoms with Crippen LogP contribution in [0.5, 0.6) is 0 Å². The van der Waals surface area contributed by atoms with Crippen LogP contribution in [0.25, 0.3) is 0 Å². The number of amides is 3. The smallest absolute Gasteiger partial charge is 0.315 e. The fourth-order valence-corrected chi connectivity index (χ4v) is 3.27. The standard InChI is InChI=1S/C16H29N3O3/c1-12-6-8-16(22-2,9-7-12)11-18-15(21)19-13-5-3-4-10-17-14(13)20/h12-13H,3-11H2,1-2H3,(H,17,20)(H2,18,19,21). The summed E-state index contributed by atoms with van der Waals surface area (Å²) in [5.74, 6) is 0.646. The van der Waals surface area contributed by atoms with Crippen molar-refractivity contribution >= 4 is 11.9 Å². The Hall–Kier alpha value is -1.30. The molecule has 3 N–H and O–H groups in total. The minimum atomic E-state index is -0.424. The minimum Gasteiger partial charge on any atom is -0.376 e. The number of rotatable bonds is 4. The van der Waals surface area contributed by atoms with Crippen molar-refractivity contribution in [2.75, 3.05) is 20.2 Å². The van der Waals surface area contributed by atoms with Crippen LogP contribution in [0.3, 0.4) is 0 Å². The maximum atomic E-state index is 12.1. The molecule has 0 aromatic heterocycles. The molecule has 3 amide bonds. The molecule has 1 unspecified atom stereocenters. The molecular formula is C16H29N3O3. The molecule has 1 heterocycles. The van der Waals surface area contributed by atoms with E-state index in [-0.39, 0.29) is 17.5 Å². The molecule has 1 saturated carbocycles. The second kappa shape index (κ2) is 7.81. The highest BCUT2D eigenvalue weighted by molar-refractivity contribution is 5.87. The van der Waals surface area contributed by atoms with E-state index in [4.69, 9.17) is 4.74 Å². The Morgan fingerprint density at radius 3 is 2.73 bits per heavy atom. The topological polar surface area (TPSA) is 79.5 Å². The Morgan fingerprint density at radius 1 is 1.32 bits per heavy atom. The summed E-state index contributed by atoms with van der Waals surface area (Å²) in [6.45, 7) is 3.45. The quantitative estimate of drug-likeness (QED) is 0.737. The molecule has 6 heteroatoms. The van der Waals surface area contributed by atoms with Crippen molar-refractivity contribution < 1.29 is 14.3 Å². The van der Waals surface area contributed by atoms with Crippen LogP contribution in [-0.2, 0) is 9.53 Å². The minimum absolute atomic E-state index is 0.0828. The second-order valence-corrected chi connectivity index (χ2v) is 6.74. The van der Waals surface area contributed by atoms with Gasteiger partial charge in [-0.1, -0.05) is 6.92 Å². The Labute approximate surface area is 132 Å². The summed E-state index contributed by atoms with van der Waals surface area (Å²) in [4.78, 5) is 23.9. The Kier molecular flexibility index (Phi) is 6.06. The molecule has 1 saturated heterocycles. The van der Waals surface area contributed by atoms with Crippen LogP contribution in [0, 0.1) is 5.92 Å². The number of carbonyl (C=O) groups is 2. The van der Waals surface area contributed by atoms with E-state index in [9.17, 15) is 9.59 Å². The monoisotopic (exact) mass is 311 g/mol. The number of nitrogens with one attached hydrogen (secondary N) is 3. The summed E-state index contributed by atoms with van der Waals surface area (Å²) in [6, 6.07) is -0.704. The van der Waals surface area contributed by atoms with Crippen molar-refractivity contribution in [1.82, 2.24) is 16.0 Å². The lowest BCUT2D eigenvalue weighted by Gasteiger charge is -2.38. The zero-order valence-electron chi connectivity index (χ0n) is 13.7. The molecule has 1 aliphatic heterocycles. The summed E-state index contributed by atoms with van der Waals surface area (Å²) in [6.07, 6.45) is 6.81. The lowest BCUT2D eigenvalue weighted by molar-refractivity contribution is -0.122. The van der Waals surface area contributed by atoms with Crippen LogP contribution >= 0.6 is 0 Å². The molecule has 0 aromatic rings. The van der Waals surface area contributed by atoms with Crippen LogP contribution in [-0.4, -0.2) is 43.8 Å². The van der Waals surface area contributed by atoms with E-state index in [1.54, 1.807) is 7.11 Å². The fraction of sp³-hybridized carbons (Fsp3) is 0.875. The van der Waals surface area contributed by atoms with E-state index in [1.165, 1.54) is 0 Å². The van der Waals surface area contributed by atoms with E-state index in [0.29, 0.717) is 19.5 Å². The van der Waals surface area contributed by atoms with Gasteiger partial charge < -0.3 is 20.7 Å². The van der Waals surface area contributed by atoms with E-state index in [0.717, 1.165) is 44.4 Å². The number of hydrogen-bond donors (Lipinski definition) is 3. The lowest BCUT2D eigenvalue weighted by atomic mass is 9.79. The number of urea groups is 1. The second-order valence-electron chi connectivity index (χ2n) is 6.74. The van der Waals surface area contributed by atoms with Crippen molar-refractivity contribution in [1.29, 1.82) is 0 Å². The fourth-order valence-electron chi connectivity index (χ4n) is 3.27. The molecule has 2 rings (SSSR count). The van der Waals surface area contributed by atoms with Crippen LogP contribution in [0.2, 0.25) is 0 Å². The molecular weight excluding hydrogens is 282 g/mol. The van der Waals surface area contributed by atoms with Gasteiger partial charge in [0, 0.05) is 20.2 Å². The van der Waals surface area contributed by atoms with Gasteiger partial charge in [0.25, 0.3) is 0 Å². The molecule has 1 atom stereocenters. The summed E-state index contributed by atoms with van der Waals surface area (Å²) in [5, 5.41) is 8.50. The molecule has 0 aromatic carbocycles. The third-order valence-corrected chi connectivity index (χ3v) is 5.03. The van der Waals surface area contributed by atoms with Crippen molar-refractivity contribution in [2.24, 2.45) is 5.92 Å². The maximum Gasteiger partial charge on any atom is 0.315 e. The van der Waals surface area contributed by atoms with Gasteiger partial charge in [0.2, 0.25) is 5.91 Å². The van der Waals surface area contributed by atoms with Gasteiger partial charge in [-0.3, -0.25) is 4.79 Å². The van der Waals surface area contributed by atoms with E-state index in [2.05, 4.69) is 22.9 Å². The van der Waals surface area contributed by atoms with Crippen LogP contribution in [0.15, 0.2) is 0 Å². The highest BCUT2D eigenvalue weighted by Gasteiger charge is 2.34. The van der Waals surface area contributed by atoms with Crippen LogP contribution in [0.4, 0.5) is 4.79 Å². The summed E-state index contributed by atoms with van der Waals surface area (Å²) in [7, 11) is 1.72. The maximum absolute atomic E-state index is 12.1. The molecule has 0 bridgehead atoms. The van der Waals surface area contributed by atoms with Crippen molar-refractivity contribution in [3.05, 3.63) is 0 Å². The van der Waals surface area contributed by atoms with E-state index in [1.807, 2.05) is 0 Å². The SMILES string of the molecule is COC1(CNC(=O)NC2CCCCNC2=O)CCC(C)CC1. The third-order valence-electron chi connectivity index (χ3n) is 5.03. The number of ether oxygens (including phenoxy) is 1. The summed E-state index contributed by atoms with van der Waals surface area (Å²) in [5.41, 5.74) is -0.254. The summed E-state index contributed by atoms with van der Waals surface area (Å²) < 4.78 is 5.69. The number of hydrogen-bond acceptors (Lipinski definition) is 3. The molecule has 126 valence electrons. The highest BCUT2D eigenvalue weighted by atomic mass is 16.5. The van der Waals surface area contributed by atoms with Gasteiger partial charge in [0.05, 0.1) is 5.60 Å². The average molecular weight is 311 g/mol. The van der Waals surface area contributed by atoms with Crippen molar-refractivity contribution in [3.8, 4) is 0 Å². The van der Waals surface area contributed by atoms with Gasteiger partial charge in [0.1, 0.15) is 6.04 Å². The lowest BCUT2D eigenvalue weighted by Crippen LogP contribution is -2.53. The van der Waals surface area contributed by atoms with Gasteiger partial charge in [-0.25, -0.2) is 4.79 Å². The van der Waals surface area contributed by atoms with Crippen LogP contribution < -0.4 is 16.0 Å². The van der Waals surface area contributed by atoms with Crippen molar-refractivity contribution in [2.45, 2.75) is 63.5 Å². The molecule has 6 nitrogen and oxygen atoms in total. The largest absolute Gasteiger partial charge is 0.376 e. The van der Waals surface area contributed by atoms with Gasteiger partial charge >= 0.3 is 6.03 Å². The highest BCUT2D eigenvalue weighted by Crippen LogP contribution is 2.33. The molecule has 0 radical (unpaired) electrons. The van der Waals surface area contributed by atoms with E-state index >= 15 is 0 Å². The first-order chi connectivity index (χ1) is 10.5. The van der Waals surface area contributed by atoms with Gasteiger partial charge in [0.15, 0.2) is 0 Å². The average Bonchev–Trinajstić information content (AvgIpc) is 2.72. The summed E-state index contributed by atoms with van der Waals surface area (Å²) >= 11 is 0. The predicted octanol–water partition coefficient (Wildman–Crippen LogP) is 1.55. The van der Waals surface area contributed by atoms with Crippen molar-refractivity contribution in [3.63, 3.8) is 0 Å². The predicted molar refractivity (Wildman–Crippen MR) is 84.6 cm³/mol. The number of methoxy groups -OCH3 is 1. The number of carbonyl (C=O) groups excluding carboxylic acids is 2. The van der Waals surface area contributed by atoms with Gasteiger partial charge in [-0.05, 0) is 50.9 Å². The van der Waals surface area contributed by atoms with E-state index < -0.39 is 6.04 Å². The Bertz CT molecular complexity index is 392. The third kappa shape index (κ3) is 4.60. The zero-order chi connectivity index (χ0) is 16.0. The van der Waals surface area contributed by atoms with Gasteiger partial charge in [-0.15, -0.1) is 0 Å². The molecule has 2 fully saturated rings.